The van der Waals surface area contributed by atoms with Gasteiger partial charge in [-0.05, 0) is 66.2 Å². The van der Waals surface area contributed by atoms with Crippen molar-refractivity contribution in [3.8, 4) is 0 Å². The molecule has 3 fully saturated rings. The number of nitrogens with one attached hydrogen (secondary N) is 2. The van der Waals surface area contributed by atoms with Gasteiger partial charge in [-0.2, -0.15) is 13.5 Å². The molecular weight excluding hydrogens is 580 g/mol. The molecule has 17 nitrogen and oxygen atoms in total. The molecule has 1 spiro atoms. The molecule has 3 atom stereocenters. The summed E-state index contributed by atoms with van der Waals surface area (Å²) in [4.78, 5) is 43.0. The van der Waals surface area contributed by atoms with Gasteiger partial charge in [-0.25, -0.2) is 19.4 Å². The summed E-state index contributed by atoms with van der Waals surface area (Å²) in [6, 6.07) is -0.448. The van der Waals surface area contributed by atoms with E-state index in [-0.39, 0.29) is 24.8 Å². The van der Waals surface area contributed by atoms with E-state index < -0.39 is 63.4 Å². The number of alkyl carbamates (subject to hydrolysis) is 2. The molecule has 234 valence electrons. The summed E-state index contributed by atoms with van der Waals surface area (Å²) in [5.74, 6) is -0.347. The number of aliphatic imine (C=N–C) groups is 1. The molecule has 0 aromatic carbocycles. The van der Waals surface area contributed by atoms with Crippen molar-refractivity contribution in [2.45, 2.75) is 90.2 Å². The Kier molecular flexibility index (Phi) is 8.22. The maximum Gasteiger partial charge on any atom is 0.418 e. The summed E-state index contributed by atoms with van der Waals surface area (Å²) in [7, 11) is -4.91. The molecule has 2 aliphatic heterocycles. The van der Waals surface area contributed by atoms with Crippen LogP contribution >= 0.6 is 0 Å². The molecule has 3 aliphatic rings. The smallest absolute Gasteiger partial charge is 0.418 e. The van der Waals surface area contributed by atoms with Crippen molar-refractivity contribution in [1.29, 1.82) is 0 Å². The Bertz CT molecular complexity index is 1330. The Morgan fingerprint density at radius 2 is 1.74 bits per heavy atom. The number of aromatic nitrogens is 1. The quantitative estimate of drug-likeness (QED) is 0.205. The lowest BCUT2D eigenvalue weighted by Crippen LogP contribution is -2.47. The van der Waals surface area contributed by atoms with E-state index in [0.717, 1.165) is 12.8 Å². The molecule has 3 heterocycles. The highest BCUT2D eigenvalue weighted by Crippen LogP contribution is 2.61. The van der Waals surface area contributed by atoms with E-state index in [1.165, 1.54) is 11.0 Å². The molecule has 0 radical (unpaired) electrons. The normalized spacial score (nSPS) is 22.0. The predicted octanol–water partition coefficient (Wildman–Crippen LogP) is 2.18. The number of rotatable bonds is 6. The molecule has 2 saturated heterocycles. The van der Waals surface area contributed by atoms with Crippen LogP contribution in [0.3, 0.4) is 0 Å². The molecule has 1 aliphatic carbocycles. The third kappa shape index (κ3) is 7.67. The predicted molar refractivity (Wildman–Crippen MR) is 142 cm³/mol. The van der Waals surface area contributed by atoms with Crippen molar-refractivity contribution in [3.05, 3.63) is 17.5 Å². The molecule has 4 rings (SSSR count). The van der Waals surface area contributed by atoms with E-state index in [2.05, 4.69) is 25.1 Å². The average Bonchev–Trinajstić information content (AvgIpc) is 3.28. The maximum atomic E-state index is 13.0. The SMILES string of the molecule is CC(C)(C)OC(=O)NC(=NCC(O)c1cc([C@@H]2CC3(CC3)[C@@H]3CN2C(=O)N3OS(=O)(=O)O)no1)NC(=O)OC(C)(C)C. The van der Waals surface area contributed by atoms with Crippen LogP contribution in [-0.2, 0) is 24.2 Å². The molecule has 1 unspecified atom stereocenters. The Morgan fingerprint density at radius 3 is 2.24 bits per heavy atom. The first-order chi connectivity index (χ1) is 19.3. The number of hydrogen-bond donors (Lipinski definition) is 4. The summed E-state index contributed by atoms with van der Waals surface area (Å²) in [6.07, 6.45) is -1.29. The topological polar surface area (TPSA) is 222 Å². The number of carbonyl (C=O) groups excluding carboxylic acids is 3. The number of nitrogens with zero attached hydrogens (tertiary/aromatic N) is 4. The molecule has 18 heteroatoms. The lowest BCUT2D eigenvalue weighted by molar-refractivity contribution is -0.0527. The summed E-state index contributed by atoms with van der Waals surface area (Å²) in [5, 5.41) is 20.1. The molecule has 1 aromatic heterocycles. The minimum Gasteiger partial charge on any atom is -0.444 e. The van der Waals surface area contributed by atoms with Crippen molar-refractivity contribution >= 4 is 34.6 Å². The number of urea groups is 1. The van der Waals surface area contributed by atoms with Gasteiger partial charge in [-0.1, -0.05) is 5.16 Å². The van der Waals surface area contributed by atoms with E-state index >= 15 is 0 Å². The fourth-order valence-corrected chi connectivity index (χ4v) is 5.25. The van der Waals surface area contributed by atoms with Gasteiger partial charge in [0, 0.05) is 12.6 Å². The summed E-state index contributed by atoms with van der Waals surface area (Å²) >= 11 is 0. The van der Waals surface area contributed by atoms with Crippen molar-refractivity contribution in [1.82, 2.24) is 25.8 Å². The zero-order chi connectivity index (χ0) is 31.3. The number of amides is 4. The van der Waals surface area contributed by atoms with Crippen LogP contribution in [0.1, 0.15) is 84.4 Å². The van der Waals surface area contributed by atoms with Crippen LogP contribution in [0.25, 0.3) is 0 Å². The number of ether oxygens (including phenoxy) is 2. The first kappa shape index (κ1) is 31.5. The van der Waals surface area contributed by atoms with Crippen molar-refractivity contribution < 1.29 is 50.7 Å². The van der Waals surface area contributed by atoms with Gasteiger partial charge in [0.1, 0.15) is 23.0 Å². The number of hydrogen-bond acceptors (Lipinski definition) is 12. The van der Waals surface area contributed by atoms with Gasteiger partial charge in [0.25, 0.3) is 0 Å². The summed E-state index contributed by atoms with van der Waals surface area (Å²) in [5.41, 5.74) is -1.75. The first-order valence-corrected chi connectivity index (χ1v) is 14.6. The van der Waals surface area contributed by atoms with Gasteiger partial charge >= 0.3 is 28.6 Å². The van der Waals surface area contributed by atoms with Gasteiger partial charge in [0.15, 0.2) is 5.76 Å². The number of hydroxylamine groups is 2. The lowest BCUT2D eigenvalue weighted by atomic mass is 9.84. The van der Waals surface area contributed by atoms with Crippen LogP contribution in [0, 0.1) is 5.41 Å². The number of aliphatic hydroxyl groups excluding tert-OH is 1. The number of carbonyl (C=O) groups is 3. The lowest BCUT2D eigenvalue weighted by Gasteiger charge is -2.35. The summed E-state index contributed by atoms with van der Waals surface area (Å²) < 4.78 is 52.1. The van der Waals surface area contributed by atoms with Crippen molar-refractivity contribution in [2.75, 3.05) is 13.1 Å². The molecule has 4 N–H and O–H groups in total. The molecular formula is C24H36N6O11S. The Balaban J connectivity index is 1.47. The van der Waals surface area contributed by atoms with Crippen molar-refractivity contribution in [2.24, 2.45) is 10.4 Å². The van der Waals surface area contributed by atoms with Crippen molar-refractivity contribution in [3.63, 3.8) is 0 Å². The molecule has 1 aromatic rings. The molecule has 4 amide bonds. The maximum absolute atomic E-state index is 13.0. The third-order valence-electron chi connectivity index (χ3n) is 6.71. The van der Waals surface area contributed by atoms with E-state index in [1.807, 2.05) is 0 Å². The number of piperidine rings is 1. The second kappa shape index (κ2) is 11.0. The highest BCUT2D eigenvalue weighted by atomic mass is 32.3. The number of aliphatic hydroxyl groups is 1. The fraction of sp³-hybridized carbons (Fsp3) is 0.708. The van der Waals surface area contributed by atoms with E-state index in [4.69, 9.17) is 18.5 Å². The van der Waals surface area contributed by atoms with Gasteiger partial charge < -0.3 is 24.0 Å². The standard InChI is InChI=1S/C24H36N6O11S/c1-22(2,3)38-19(32)26-18(27-20(33)39-23(4,5)6)25-11-15(31)16-9-13(28-40-16)14-10-24(7-8-24)17-12-29(14)21(34)30(17)41-42(35,36)37/h9,14-15,17,31H,7-8,10-12H2,1-6H3,(H,35,36,37)(H2,25,26,27,32,33)/t14-,15?,17-/m0/s1. The monoisotopic (exact) mass is 616 g/mol. The second-order valence-corrected chi connectivity index (χ2v) is 13.5. The van der Waals surface area contributed by atoms with Crippen LogP contribution in [-0.4, -0.2) is 87.7 Å². The van der Waals surface area contributed by atoms with E-state index in [9.17, 15) is 27.9 Å². The zero-order valence-electron chi connectivity index (χ0n) is 24.1. The number of fused-ring (bicyclic) bond motifs is 3. The largest absolute Gasteiger partial charge is 0.444 e. The van der Waals surface area contributed by atoms with Crippen LogP contribution in [0.2, 0.25) is 0 Å². The number of guanidine groups is 1. The van der Waals surface area contributed by atoms with E-state index in [0.29, 0.717) is 17.2 Å². The molecule has 42 heavy (non-hydrogen) atoms. The van der Waals surface area contributed by atoms with Gasteiger partial charge in [-0.15, -0.1) is 4.28 Å². The molecule has 2 bridgehead atoms. The van der Waals surface area contributed by atoms with Gasteiger partial charge in [0.05, 0.1) is 18.6 Å². The minimum absolute atomic E-state index is 0.00713. The van der Waals surface area contributed by atoms with Crippen LogP contribution in [0.15, 0.2) is 15.6 Å². The second-order valence-electron chi connectivity index (χ2n) is 12.5. The Hall–Kier alpha value is -3.48. The summed E-state index contributed by atoms with van der Waals surface area (Å²) in [6.45, 7) is 9.70. The third-order valence-corrected chi connectivity index (χ3v) is 7.06. The van der Waals surface area contributed by atoms with Crippen LogP contribution < -0.4 is 10.6 Å². The van der Waals surface area contributed by atoms with Crippen LogP contribution in [0.4, 0.5) is 14.4 Å². The highest BCUT2D eigenvalue weighted by molar-refractivity contribution is 7.80. The minimum atomic E-state index is -4.91. The van der Waals surface area contributed by atoms with Gasteiger partial charge in [-0.3, -0.25) is 15.2 Å². The Labute approximate surface area is 242 Å². The first-order valence-electron chi connectivity index (χ1n) is 13.2. The molecule has 1 saturated carbocycles. The van der Waals surface area contributed by atoms with E-state index in [1.54, 1.807) is 41.5 Å². The van der Waals surface area contributed by atoms with Crippen LogP contribution in [0.5, 0.6) is 0 Å². The highest BCUT2D eigenvalue weighted by Gasteiger charge is 2.64. The fourth-order valence-electron chi connectivity index (χ4n) is 4.88. The Morgan fingerprint density at radius 1 is 1.17 bits per heavy atom. The zero-order valence-corrected chi connectivity index (χ0v) is 24.9. The average molecular weight is 617 g/mol. The van der Waals surface area contributed by atoms with Gasteiger partial charge in [0.2, 0.25) is 5.96 Å².